The Kier molecular flexibility index (Phi) is 3.74. The molecule has 0 saturated carbocycles. The smallest absolute Gasteiger partial charge is 0.231 e. The first-order valence-corrected chi connectivity index (χ1v) is 5.59. The minimum Gasteiger partial charge on any atom is -0.380 e. The maximum Gasteiger partial charge on any atom is 0.231 e. The lowest BCUT2D eigenvalue weighted by atomic mass is 10.4. The molecule has 2 rings (SSSR count). The van der Waals surface area contributed by atoms with E-state index in [1.54, 1.807) is 7.05 Å². The highest BCUT2D eigenvalue weighted by molar-refractivity contribution is 6.28. The number of aromatic nitrogens is 3. The second-order valence-corrected chi connectivity index (χ2v) is 3.77. The molecular weight excluding hydrogens is 230 g/mol. The van der Waals surface area contributed by atoms with Gasteiger partial charge in [0.25, 0.3) is 0 Å². The summed E-state index contributed by atoms with van der Waals surface area (Å²) in [6.07, 6.45) is 0.970. The van der Waals surface area contributed by atoms with Crippen LogP contribution >= 0.6 is 11.6 Å². The molecule has 7 heteroatoms. The Hall–Kier alpha value is -1.14. The predicted molar refractivity (Wildman–Crippen MR) is 62.0 cm³/mol. The molecule has 0 aliphatic carbocycles. The lowest BCUT2D eigenvalue weighted by Crippen LogP contribution is -2.28. The normalized spacial score (nSPS) is 17.0. The maximum absolute atomic E-state index is 5.83. The summed E-state index contributed by atoms with van der Waals surface area (Å²) in [6, 6.07) is 0. The quantitative estimate of drug-likeness (QED) is 0.829. The zero-order valence-electron chi connectivity index (χ0n) is 9.11. The summed E-state index contributed by atoms with van der Waals surface area (Å²) in [5.74, 6) is 1.09. The predicted octanol–water partition coefficient (Wildman–Crippen LogP) is 0.793. The lowest BCUT2D eigenvalue weighted by Gasteiger charge is -2.19. The Morgan fingerprint density at radius 1 is 1.25 bits per heavy atom. The van der Waals surface area contributed by atoms with Gasteiger partial charge in [-0.2, -0.15) is 15.0 Å². The van der Waals surface area contributed by atoms with Gasteiger partial charge in [0, 0.05) is 26.7 Å². The molecule has 1 N–H and O–H groups in total. The van der Waals surface area contributed by atoms with Gasteiger partial charge in [0.1, 0.15) is 0 Å². The molecule has 2 heterocycles. The highest BCUT2D eigenvalue weighted by Gasteiger charge is 2.14. The fraction of sp³-hybridized carbons (Fsp3) is 0.667. The number of nitrogens with zero attached hydrogens (tertiary/aromatic N) is 4. The number of halogens is 1. The van der Waals surface area contributed by atoms with E-state index >= 15 is 0 Å². The Balaban J connectivity index is 2.20. The van der Waals surface area contributed by atoms with Crippen LogP contribution in [0.5, 0.6) is 0 Å². The van der Waals surface area contributed by atoms with E-state index in [9.17, 15) is 0 Å². The molecule has 0 amide bonds. The van der Waals surface area contributed by atoms with E-state index in [-0.39, 0.29) is 5.28 Å². The summed E-state index contributed by atoms with van der Waals surface area (Å²) < 4.78 is 5.37. The van der Waals surface area contributed by atoms with E-state index in [0.29, 0.717) is 18.5 Å². The van der Waals surface area contributed by atoms with E-state index in [0.717, 1.165) is 26.1 Å². The van der Waals surface area contributed by atoms with Crippen LogP contribution in [0.3, 0.4) is 0 Å². The molecule has 0 unspecified atom stereocenters. The molecule has 1 fully saturated rings. The second kappa shape index (κ2) is 5.27. The van der Waals surface area contributed by atoms with Gasteiger partial charge >= 0.3 is 0 Å². The van der Waals surface area contributed by atoms with Crippen LogP contribution < -0.4 is 10.2 Å². The van der Waals surface area contributed by atoms with Gasteiger partial charge in [-0.25, -0.2) is 0 Å². The van der Waals surface area contributed by atoms with E-state index in [1.165, 1.54) is 0 Å². The first-order chi connectivity index (χ1) is 7.79. The van der Waals surface area contributed by atoms with Gasteiger partial charge in [0.05, 0.1) is 6.61 Å². The maximum atomic E-state index is 5.83. The van der Waals surface area contributed by atoms with Gasteiger partial charge in [0.15, 0.2) is 0 Å². The lowest BCUT2D eigenvalue weighted by molar-refractivity contribution is 0.152. The molecule has 6 nitrogen and oxygen atoms in total. The number of hydrogen-bond acceptors (Lipinski definition) is 6. The molecule has 0 aromatic carbocycles. The Morgan fingerprint density at radius 2 is 2.12 bits per heavy atom. The minimum atomic E-state index is 0.208. The number of hydrogen-bond donors (Lipinski definition) is 1. The van der Waals surface area contributed by atoms with Crippen molar-refractivity contribution in [2.24, 2.45) is 0 Å². The van der Waals surface area contributed by atoms with Crippen LogP contribution in [0.15, 0.2) is 0 Å². The summed E-state index contributed by atoms with van der Waals surface area (Å²) in [6.45, 7) is 3.14. The Bertz CT molecular complexity index is 354. The summed E-state index contributed by atoms with van der Waals surface area (Å²) in [7, 11) is 1.75. The molecule has 1 aromatic rings. The summed E-state index contributed by atoms with van der Waals surface area (Å²) in [5, 5.41) is 3.07. The van der Waals surface area contributed by atoms with Crippen molar-refractivity contribution < 1.29 is 4.74 Å². The monoisotopic (exact) mass is 243 g/mol. The third-order valence-electron chi connectivity index (χ3n) is 2.33. The number of ether oxygens (including phenoxy) is 1. The molecule has 88 valence electrons. The number of rotatable bonds is 2. The van der Waals surface area contributed by atoms with Crippen molar-refractivity contribution in [3.8, 4) is 0 Å². The first-order valence-electron chi connectivity index (χ1n) is 5.21. The van der Waals surface area contributed by atoms with Crippen LogP contribution in [0.4, 0.5) is 11.9 Å². The molecule has 0 bridgehead atoms. The zero-order chi connectivity index (χ0) is 11.4. The van der Waals surface area contributed by atoms with Gasteiger partial charge < -0.3 is 15.0 Å². The molecule has 16 heavy (non-hydrogen) atoms. The van der Waals surface area contributed by atoms with Crippen molar-refractivity contribution in [2.45, 2.75) is 6.42 Å². The Morgan fingerprint density at radius 3 is 2.94 bits per heavy atom. The highest BCUT2D eigenvalue weighted by Crippen LogP contribution is 2.14. The van der Waals surface area contributed by atoms with Crippen LogP contribution in [0.25, 0.3) is 0 Å². The fourth-order valence-corrected chi connectivity index (χ4v) is 1.69. The highest BCUT2D eigenvalue weighted by atomic mass is 35.5. The first kappa shape index (κ1) is 11.3. The molecule has 0 atom stereocenters. The Labute approximate surface area is 99.0 Å². The SMILES string of the molecule is CNc1nc(Cl)nc(N2CCCOCC2)n1. The largest absolute Gasteiger partial charge is 0.380 e. The standard InChI is InChI=1S/C9H14ClN5O/c1-11-8-12-7(10)13-9(14-8)15-3-2-5-16-6-4-15/h2-6H2,1H3,(H,11,12,13,14). The molecule has 1 saturated heterocycles. The fourth-order valence-electron chi connectivity index (χ4n) is 1.54. The third kappa shape index (κ3) is 2.70. The summed E-state index contributed by atoms with van der Waals surface area (Å²) in [5.41, 5.74) is 0. The average Bonchev–Trinajstić information content (AvgIpc) is 2.56. The van der Waals surface area contributed by atoms with Crippen LogP contribution in [0.2, 0.25) is 5.28 Å². The summed E-state index contributed by atoms with van der Waals surface area (Å²) >= 11 is 5.83. The van der Waals surface area contributed by atoms with Gasteiger partial charge in [0.2, 0.25) is 17.2 Å². The van der Waals surface area contributed by atoms with E-state index in [2.05, 4.69) is 25.2 Å². The van der Waals surface area contributed by atoms with Crippen LogP contribution in [-0.4, -0.2) is 48.3 Å². The molecule has 0 radical (unpaired) electrons. The molecule has 1 aliphatic rings. The van der Waals surface area contributed by atoms with Gasteiger partial charge in [-0.15, -0.1) is 0 Å². The number of anilines is 2. The number of nitrogens with one attached hydrogen (secondary N) is 1. The van der Waals surface area contributed by atoms with E-state index < -0.39 is 0 Å². The van der Waals surface area contributed by atoms with Crippen molar-refractivity contribution in [3.05, 3.63) is 5.28 Å². The molecular formula is C9H14ClN5O. The molecule has 1 aliphatic heterocycles. The second-order valence-electron chi connectivity index (χ2n) is 3.43. The third-order valence-corrected chi connectivity index (χ3v) is 2.49. The molecule has 1 aromatic heterocycles. The van der Waals surface area contributed by atoms with Gasteiger partial charge in [-0.1, -0.05) is 0 Å². The van der Waals surface area contributed by atoms with E-state index in [4.69, 9.17) is 16.3 Å². The zero-order valence-corrected chi connectivity index (χ0v) is 9.87. The van der Waals surface area contributed by atoms with Crippen LogP contribution in [-0.2, 0) is 4.74 Å². The van der Waals surface area contributed by atoms with Crippen molar-refractivity contribution in [3.63, 3.8) is 0 Å². The van der Waals surface area contributed by atoms with Gasteiger partial charge in [-0.05, 0) is 18.0 Å². The van der Waals surface area contributed by atoms with Crippen molar-refractivity contribution >= 4 is 23.5 Å². The molecule has 0 spiro atoms. The van der Waals surface area contributed by atoms with Crippen molar-refractivity contribution in [1.82, 2.24) is 15.0 Å². The summed E-state index contributed by atoms with van der Waals surface area (Å²) in [4.78, 5) is 14.4. The minimum absolute atomic E-state index is 0.208. The van der Waals surface area contributed by atoms with Crippen molar-refractivity contribution in [2.75, 3.05) is 43.6 Å². The topological polar surface area (TPSA) is 63.2 Å². The average molecular weight is 244 g/mol. The van der Waals surface area contributed by atoms with E-state index in [1.807, 2.05) is 0 Å². The van der Waals surface area contributed by atoms with Crippen LogP contribution in [0, 0.1) is 0 Å². The van der Waals surface area contributed by atoms with Gasteiger partial charge in [-0.3, -0.25) is 0 Å². The van der Waals surface area contributed by atoms with Crippen molar-refractivity contribution in [1.29, 1.82) is 0 Å². The van der Waals surface area contributed by atoms with Crippen LogP contribution in [0.1, 0.15) is 6.42 Å².